The molecule has 3 rings (SSSR count). The fraction of sp³-hybridized carbons (Fsp3) is 0.543. The van der Waals surface area contributed by atoms with Crippen molar-refractivity contribution in [3.05, 3.63) is 90.0 Å². The van der Waals surface area contributed by atoms with E-state index in [-0.39, 0.29) is 5.41 Å². The number of aryl methyl sites for hydroxylation is 1. The summed E-state index contributed by atoms with van der Waals surface area (Å²) in [7, 11) is 3.00. The molecule has 5 nitrogen and oxygen atoms in total. The molecule has 0 atom stereocenters. The van der Waals surface area contributed by atoms with Crippen molar-refractivity contribution < 1.29 is 0 Å². The van der Waals surface area contributed by atoms with Gasteiger partial charge in [-0.1, -0.05) is 104 Å². The summed E-state index contributed by atoms with van der Waals surface area (Å²) in [6, 6.07) is 12.6. The lowest BCUT2D eigenvalue weighted by atomic mass is 9.87. The number of aliphatic imine (C=N–C) groups is 1. The molecule has 0 unspecified atom stereocenters. The van der Waals surface area contributed by atoms with Crippen LogP contribution in [0.4, 0.5) is 0 Å². The zero-order chi connectivity index (χ0) is 32.0. The van der Waals surface area contributed by atoms with Crippen LogP contribution < -0.4 is 11.5 Å². The van der Waals surface area contributed by atoms with Crippen LogP contribution in [0.15, 0.2) is 78.3 Å². The number of nitrogens with two attached hydrogens (primary N) is 2. The van der Waals surface area contributed by atoms with Crippen LogP contribution in [0.3, 0.4) is 0 Å². The summed E-state index contributed by atoms with van der Waals surface area (Å²) >= 11 is 0. The Labute approximate surface area is 249 Å². The maximum atomic E-state index is 4.50. The largest absolute Gasteiger partial charge is 0.375 e. The van der Waals surface area contributed by atoms with Crippen LogP contribution in [0.2, 0.25) is 0 Å². The highest BCUT2D eigenvalue weighted by atomic mass is 15.1. The molecule has 1 aliphatic heterocycles. The van der Waals surface area contributed by atoms with Gasteiger partial charge in [0.25, 0.3) is 0 Å². The minimum absolute atomic E-state index is 0.285. The molecule has 1 saturated heterocycles. The van der Waals surface area contributed by atoms with Crippen LogP contribution >= 0.6 is 0 Å². The Morgan fingerprint density at radius 1 is 0.925 bits per heavy atom. The molecule has 4 N–H and O–H groups in total. The van der Waals surface area contributed by atoms with Crippen molar-refractivity contribution in [3.8, 4) is 0 Å². The predicted octanol–water partition coefficient (Wildman–Crippen LogP) is 8.92. The molecule has 5 heteroatoms. The molecule has 1 aliphatic rings. The zero-order valence-electron chi connectivity index (χ0n) is 28.3. The molecule has 0 bridgehead atoms. The van der Waals surface area contributed by atoms with E-state index in [0.29, 0.717) is 0 Å². The molecule has 0 spiro atoms. The van der Waals surface area contributed by atoms with E-state index >= 15 is 0 Å². The first-order valence-corrected chi connectivity index (χ1v) is 14.9. The maximum absolute atomic E-state index is 4.50. The summed E-state index contributed by atoms with van der Waals surface area (Å²) in [5.74, 6) is 0. The number of piperidine rings is 1. The van der Waals surface area contributed by atoms with Crippen molar-refractivity contribution in [2.24, 2.45) is 16.5 Å². The van der Waals surface area contributed by atoms with E-state index in [4.69, 9.17) is 0 Å². The number of benzene rings is 1. The summed E-state index contributed by atoms with van der Waals surface area (Å²) in [5.41, 5.74) is 15.1. The molecule has 2 aromatic rings. The number of nitrogens with zero attached hydrogens (tertiary/aromatic N) is 3. The first kappa shape index (κ1) is 44.3. The predicted molar refractivity (Wildman–Crippen MR) is 184 cm³/mol. The molecule has 0 saturated carbocycles. The van der Waals surface area contributed by atoms with Gasteiger partial charge in [0.2, 0.25) is 0 Å². The van der Waals surface area contributed by atoms with Gasteiger partial charge in [-0.3, -0.25) is 9.98 Å². The number of hydrogen-bond donors (Lipinski definition) is 2. The number of likely N-dealkylation sites (tertiary alicyclic amines) is 1. The van der Waals surface area contributed by atoms with Crippen LogP contribution in [0.25, 0.3) is 0 Å². The van der Waals surface area contributed by atoms with Gasteiger partial charge < -0.3 is 16.4 Å². The monoisotopic (exact) mass is 556 g/mol. The smallest absolute Gasteiger partial charge is 0.0358 e. The Bertz CT molecular complexity index is 828. The molecule has 0 radical (unpaired) electrons. The van der Waals surface area contributed by atoms with Crippen molar-refractivity contribution >= 4 is 6.21 Å². The molecule has 1 aromatic heterocycles. The second-order valence-corrected chi connectivity index (χ2v) is 9.36. The second-order valence-electron chi connectivity index (χ2n) is 9.36. The maximum Gasteiger partial charge on any atom is 0.0358 e. The summed E-state index contributed by atoms with van der Waals surface area (Å²) in [4.78, 5) is 10.4. The van der Waals surface area contributed by atoms with E-state index in [1.165, 1.54) is 63.3 Å². The van der Waals surface area contributed by atoms with Crippen molar-refractivity contribution in [1.82, 2.24) is 9.88 Å². The molecule has 0 aliphatic carbocycles. The van der Waals surface area contributed by atoms with E-state index < -0.39 is 0 Å². The average molecular weight is 556 g/mol. The molecule has 2 heterocycles. The number of hydrogen-bond acceptors (Lipinski definition) is 5. The first-order chi connectivity index (χ1) is 19.1. The lowest BCUT2D eigenvalue weighted by Gasteiger charge is -2.29. The molecule has 1 aromatic carbocycles. The summed E-state index contributed by atoms with van der Waals surface area (Å²) in [5, 5.41) is 0. The third kappa shape index (κ3) is 25.5. The number of allylic oxidation sites excluding steroid dienone is 2. The van der Waals surface area contributed by atoms with Gasteiger partial charge in [-0.05, 0) is 70.7 Å². The highest BCUT2D eigenvalue weighted by molar-refractivity contribution is 5.79. The Morgan fingerprint density at radius 2 is 1.43 bits per heavy atom. The van der Waals surface area contributed by atoms with Crippen LogP contribution in [-0.2, 0) is 5.41 Å². The highest BCUT2D eigenvalue weighted by Crippen LogP contribution is 2.21. The van der Waals surface area contributed by atoms with Crippen LogP contribution in [0, 0.1) is 6.92 Å². The third-order valence-electron chi connectivity index (χ3n) is 5.25. The Kier molecular flexibility index (Phi) is 34.1. The average Bonchev–Trinajstić information content (AvgIpc) is 3.01. The van der Waals surface area contributed by atoms with E-state index in [2.05, 4.69) is 98.4 Å². The van der Waals surface area contributed by atoms with Crippen molar-refractivity contribution in [3.63, 3.8) is 0 Å². The number of aromatic nitrogens is 1. The van der Waals surface area contributed by atoms with Gasteiger partial charge in [0.05, 0.1) is 0 Å². The zero-order valence-corrected chi connectivity index (χ0v) is 28.3. The van der Waals surface area contributed by atoms with Gasteiger partial charge in [-0.25, -0.2) is 0 Å². The number of pyridine rings is 1. The van der Waals surface area contributed by atoms with Crippen molar-refractivity contribution in [1.29, 1.82) is 0 Å². The molecule has 1 fully saturated rings. The highest BCUT2D eigenvalue weighted by Gasteiger charge is 2.12. The van der Waals surface area contributed by atoms with Gasteiger partial charge in [0.1, 0.15) is 0 Å². The summed E-state index contributed by atoms with van der Waals surface area (Å²) in [6.45, 7) is 31.0. The van der Waals surface area contributed by atoms with Gasteiger partial charge >= 0.3 is 0 Å². The Hall–Kier alpha value is -2.76. The summed E-state index contributed by atoms with van der Waals surface area (Å²) in [6.07, 6.45) is 10.5. The van der Waals surface area contributed by atoms with Crippen molar-refractivity contribution in [2.45, 2.75) is 100 Å². The van der Waals surface area contributed by atoms with E-state index in [9.17, 15) is 0 Å². The second kappa shape index (κ2) is 30.8. The summed E-state index contributed by atoms with van der Waals surface area (Å²) < 4.78 is 0. The van der Waals surface area contributed by atoms with Crippen LogP contribution in [0.5, 0.6) is 0 Å². The molecular weight excluding hydrogens is 490 g/mol. The molecular formula is C35H65N5. The molecule has 0 amide bonds. The van der Waals surface area contributed by atoms with Gasteiger partial charge in [0, 0.05) is 48.7 Å². The fourth-order valence-electron chi connectivity index (χ4n) is 3.12. The standard InChI is InChI=1S/C11H16.C9H10N2.C9H17N.2C2H6.2CH5N/c1-9-5-7-10(8-6-9)11(2,3)4;1-8(2)11-7-9-4-3-5-10-6-9;1-3-9(2)10-7-5-4-6-8-10;4*1-2/h5-8H,1-4H3;3-7H,1H2,2H3;2-8H2,1H3;2*1-2H3;2*2H2,1H3. The topological polar surface area (TPSA) is 80.5 Å². The third-order valence-corrected chi connectivity index (χ3v) is 5.25. The SMILES string of the molecule is C=C(C)N=Cc1cccnc1.C=C(CC)N1CCCCC1.CC.CC.CN.CN.Cc1ccc(C(C)(C)C)cc1. The Balaban J connectivity index is -0.000000215. The van der Waals surface area contributed by atoms with Crippen molar-refractivity contribution in [2.75, 3.05) is 27.2 Å². The lowest BCUT2D eigenvalue weighted by molar-refractivity contribution is 0.280. The Morgan fingerprint density at radius 3 is 1.80 bits per heavy atom. The van der Waals surface area contributed by atoms with Gasteiger partial charge in [-0.2, -0.15) is 0 Å². The minimum atomic E-state index is 0.285. The molecule has 40 heavy (non-hydrogen) atoms. The van der Waals surface area contributed by atoms with E-state index in [1.807, 2.05) is 46.8 Å². The lowest BCUT2D eigenvalue weighted by Crippen LogP contribution is -2.28. The van der Waals surface area contributed by atoms with E-state index in [1.54, 1.807) is 18.6 Å². The van der Waals surface area contributed by atoms with E-state index in [0.717, 1.165) is 17.7 Å². The fourth-order valence-corrected chi connectivity index (χ4v) is 3.12. The minimum Gasteiger partial charge on any atom is -0.375 e. The van der Waals surface area contributed by atoms with Crippen LogP contribution in [0.1, 0.15) is 105 Å². The van der Waals surface area contributed by atoms with Gasteiger partial charge in [0.15, 0.2) is 0 Å². The normalized spacial score (nSPS) is 11.4. The quantitative estimate of drug-likeness (QED) is 0.369. The first-order valence-electron chi connectivity index (χ1n) is 14.9. The number of rotatable bonds is 4. The molecule has 230 valence electrons. The van der Waals surface area contributed by atoms with Crippen LogP contribution in [-0.4, -0.2) is 43.3 Å². The van der Waals surface area contributed by atoms with Gasteiger partial charge in [-0.15, -0.1) is 0 Å².